The van der Waals surface area contributed by atoms with E-state index in [9.17, 15) is 4.79 Å². The third-order valence-electron chi connectivity index (χ3n) is 5.33. The lowest BCUT2D eigenvalue weighted by Crippen LogP contribution is -2.48. The summed E-state index contributed by atoms with van der Waals surface area (Å²) >= 11 is 0. The highest BCUT2D eigenvalue weighted by molar-refractivity contribution is 5.85. The minimum absolute atomic E-state index is 0.0421. The third-order valence-corrected chi connectivity index (χ3v) is 5.33. The predicted molar refractivity (Wildman–Crippen MR) is 88.8 cm³/mol. The number of anilines is 1. The summed E-state index contributed by atoms with van der Waals surface area (Å²) in [6.07, 6.45) is 6.70. The normalized spacial score (nSPS) is 24.2. The number of aryl methyl sites for hydroxylation is 1. The summed E-state index contributed by atoms with van der Waals surface area (Å²) < 4.78 is 0. The van der Waals surface area contributed by atoms with Gasteiger partial charge in [-0.3, -0.25) is 9.78 Å². The minimum Gasteiger partial charge on any atom is -0.384 e. The maximum atomic E-state index is 12.2. The van der Waals surface area contributed by atoms with E-state index in [1.54, 1.807) is 6.20 Å². The Morgan fingerprint density at radius 3 is 2.83 bits per heavy atom. The standard InChI is InChI=1S/C18H24N4O/c1-3-18(4-5-18)17(23)22-15-7-13(8-15)10-21-16-6-12(2)20-11-14(16)9-19/h6,11,13,15H,3-5,7-8,10H2,1-2H3,(H,20,21)(H,22,23). The summed E-state index contributed by atoms with van der Waals surface area (Å²) in [5.74, 6) is 0.810. The molecule has 0 unspecified atom stereocenters. The van der Waals surface area contributed by atoms with E-state index >= 15 is 0 Å². The van der Waals surface area contributed by atoms with Gasteiger partial charge in [0.2, 0.25) is 5.91 Å². The molecular formula is C18H24N4O. The van der Waals surface area contributed by atoms with Crippen molar-refractivity contribution < 1.29 is 4.79 Å². The molecule has 5 heteroatoms. The Morgan fingerprint density at radius 2 is 2.22 bits per heavy atom. The topological polar surface area (TPSA) is 77.8 Å². The van der Waals surface area contributed by atoms with Crippen LogP contribution in [0.4, 0.5) is 5.69 Å². The first kappa shape index (κ1) is 15.8. The molecule has 0 aliphatic heterocycles. The number of carbonyl (C=O) groups is 1. The van der Waals surface area contributed by atoms with E-state index in [1.165, 1.54) is 0 Å². The SMILES string of the molecule is CCC1(C(=O)NC2CC(CNc3cc(C)ncc3C#N)C2)CC1. The average molecular weight is 312 g/mol. The number of pyridine rings is 1. The van der Waals surface area contributed by atoms with E-state index in [1.807, 2.05) is 13.0 Å². The molecule has 0 radical (unpaired) electrons. The number of rotatable bonds is 6. The smallest absolute Gasteiger partial charge is 0.226 e. The lowest BCUT2D eigenvalue weighted by atomic mass is 9.79. The number of nitrogens with zero attached hydrogens (tertiary/aromatic N) is 2. The molecule has 0 spiro atoms. The van der Waals surface area contributed by atoms with Gasteiger partial charge in [-0.25, -0.2) is 0 Å². The number of carbonyl (C=O) groups excluding carboxylic acids is 1. The number of nitrogens with one attached hydrogen (secondary N) is 2. The molecule has 2 saturated carbocycles. The summed E-state index contributed by atoms with van der Waals surface area (Å²) in [5.41, 5.74) is 2.30. The quantitative estimate of drug-likeness (QED) is 0.846. The van der Waals surface area contributed by atoms with Crippen molar-refractivity contribution in [1.82, 2.24) is 10.3 Å². The van der Waals surface area contributed by atoms with Crippen LogP contribution < -0.4 is 10.6 Å². The lowest BCUT2D eigenvalue weighted by molar-refractivity contribution is -0.128. The summed E-state index contributed by atoms with van der Waals surface area (Å²) in [7, 11) is 0. The molecule has 2 fully saturated rings. The van der Waals surface area contributed by atoms with Gasteiger partial charge in [0.15, 0.2) is 0 Å². The molecule has 1 aromatic heterocycles. The maximum absolute atomic E-state index is 12.2. The number of aromatic nitrogens is 1. The van der Waals surface area contributed by atoms with E-state index < -0.39 is 0 Å². The molecule has 5 nitrogen and oxygen atoms in total. The van der Waals surface area contributed by atoms with Gasteiger partial charge >= 0.3 is 0 Å². The van der Waals surface area contributed by atoms with Crippen molar-refractivity contribution in [3.05, 3.63) is 23.5 Å². The Morgan fingerprint density at radius 1 is 1.48 bits per heavy atom. The van der Waals surface area contributed by atoms with Gasteiger partial charge < -0.3 is 10.6 Å². The number of amides is 1. The summed E-state index contributed by atoms with van der Waals surface area (Å²) in [5, 5.41) is 15.7. The van der Waals surface area contributed by atoms with Crippen LogP contribution in [0.3, 0.4) is 0 Å². The molecule has 0 atom stereocenters. The van der Waals surface area contributed by atoms with Crippen LogP contribution in [0.25, 0.3) is 0 Å². The van der Waals surface area contributed by atoms with Crippen LogP contribution in [0.5, 0.6) is 0 Å². The average Bonchev–Trinajstić information content (AvgIpc) is 3.30. The van der Waals surface area contributed by atoms with Gasteiger partial charge in [0.05, 0.1) is 11.3 Å². The molecular weight excluding hydrogens is 288 g/mol. The monoisotopic (exact) mass is 312 g/mol. The Kier molecular flexibility index (Phi) is 4.25. The molecule has 2 aliphatic carbocycles. The van der Waals surface area contributed by atoms with Gasteiger partial charge in [0.25, 0.3) is 0 Å². The van der Waals surface area contributed by atoms with Crippen molar-refractivity contribution >= 4 is 11.6 Å². The van der Waals surface area contributed by atoms with Crippen molar-refractivity contribution in [2.45, 2.75) is 52.0 Å². The zero-order chi connectivity index (χ0) is 16.4. The molecule has 23 heavy (non-hydrogen) atoms. The molecule has 122 valence electrons. The molecule has 0 saturated heterocycles. The van der Waals surface area contributed by atoms with Crippen LogP contribution in [0, 0.1) is 29.6 Å². The van der Waals surface area contributed by atoms with Gasteiger partial charge in [-0.2, -0.15) is 5.26 Å². The van der Waals surface area contributed by atoms with Crippen molar-refractivity contribution in [1.29, 1.82) is 5.26 Å². The molecule has 1 aromatic rings. The van der Waals surface area contributed by atoms with Gasteiger partial charge in [0, 0.05) is 29.9 Å². The Balaban J connectivity index is 1.44. The van der Waals surface area contributed by atoms with Gasteiger partial charge in [0.1, 0.15) is 6.07 Å². The van der Waals surface area contributed by atoms with Crippen molar-refractivity contribution in [3.63, 3.8) is 0 Å². The van der Waals surface area contributed by atoms with E-state index in [2.05, 4.69) is 28.6 Å². The fourth-order valence-corrected chi connectivity index (χ4v) is 3.30. The fraction of sp³-hybridized carbons (Fsp3) is 0.611. The molecule has 1 amide bonds. The third kappa shape index (κ3) is 3.31. The maximum Gasteiger partial charge on any atom is 0.226 e. The second kappa shape index (κ2) is 6.19. The minimum atomic E-state index is -0.0421. The van der Waals surface area contributed by atoms with Crippen LogP contribution in [-0.4, -0.2) is 23.5 Å². The molecule has 1 heterocycles. The van der Waals surface area contributed by atoms with E-state index in [-0.39, 0.29) is 11.3 Å². The van der Waals surface area contributed by atoms with E-state index in [0.29, 0.717) is 17.5 Å². The van der Waals surface area contributed by atoms with E-state index in [0.717, 1.165) is 50.0 Å². The second-order valence-corrected chi connectivity index (χ2v) is 7.01. The highest BCUT2D eigenvalue weighted by Gasteiger charge is 2.49. The second-order valence-electron chi connectivity index (χ2n) is 7.01. The molecule has 0 aromatic carbocycles. The largest absolute Gasteiger partial charge is 0.384 e. The molecule has 2 N–H and O–H groups in total. The Labute approximate surface area is 137 Å². The molecule has 0 bridgehead atoms. The van der Waals surface area contributed by atoms with Crippen LogP contribution in [0.15, 0.2) is 12.3 Å². The lowest BCUT2D eigenvalue weighted by Gasteiger charge is -2.37. The predicted octanol–water partition coefficient (Wildman–Crippen LogP) is 2.76. The first-order valence-corrected chi connectivity index (χ1v) is 8.48. The number of hydrogen-bond donors (Lipinski definition) is 2. The van der Waals surface area contributed by atoms with Crippen LogP contribution in [0.2, 0.25) is 0 Å². The van der Waals surface area contributed by atoms with Crippen LogP contribution in [0.1, 0.15) is 50.3 Å². The zero-order valence-electron chi connectivity index (χ0n) is 13.9. The fourth-order valence-electron chi connectivity index (χ4n) is 3.30. The van der Waals surface area contributed by atoms with Gasteiger partial charge in [-0.05, 0) is 51.0 Å². The first-order valence-electron chi connectivity index (χ1n) is 8.48. The molecule has 3 rings (SSSR count). The summed E-state index contributed by atoms with van der Waals surface area (Å²) in [6.45, 7) is 4.86. The highest BCUT2D eigenvalue weighted by atomic mass is 16.2. The summed E-state index contributed by atoms with van der Waals surface area (Å²) in [6, 6.07) is 4.40. The Bertz CT molecular complexity index is 639. The van der Waals surface area contributed by atoms with Gasteiger partial charge in [-0.1, -0.05) is 6.92 Å². The molecule has 2 aliphatic rings. The first-order chi connectivity index (χ1) is 11.1. The number of hydrogen-bond acceptors (Lipinski definition) is 4. The summed E-state index contributed by atoms with van der Waals surface area (Å²) in [4.78, 5) is 16.3. The van der Waals surface area contributed by atoms with E-state index in [4.69, 9.17) is 5.26 Å². The van der Waals surface area contributed by atoms with Gasteiger partial charge in [-0.15, -0.1) is 0 Å². The highest BCUT2D eigenvalue weighted by Crippen LogP contribution is 2.49. The van der Waals surface area contributed by atoms with Crippen LogP contribution in [-0.2, 0) is 4.79 Å². The zero-order valence-corrected chi connectivity index (χ0v) is 13.9. The van der Waals surface area contributed by atoms with Crippen molar-refractivity contribution in [3.8, 4) is 6.07 Å². The van der Waals surface area contributed by atoms with Crippen molar-refractivity contribution in [2.24, 2.45) is 11.3 Å². The number of nitriles is 1. The Hall–Kier alpha value is -2.09. The van der Waals surface area contributed by atoms with Crippen LogP contribution >= 0.6 is 0 Å². The van der Waals surface area contributed by atoms with Crippen molar-refractivity contribution in [2.75, 3.05) is 11.9 Å².